The van der Waals surface area contributed by atoms with Crippen molar-refractivity contribution in [3.63, 3.8) is 0 Å². The number of hydrogen-bond donors (Lipinski definition) is 0. The lowest BCUT2D eigenvalue weighted by Crippen LogP contribution is -2.30. The number of benzene rings is 1. The number of imidazole rings is 1. The summed E-state index contributed by atoms with van der Waals surface area (Å²) in [6.45, 7) is 0.866. The molecule has 0 aliphatic carbocycles. The average Bonchev–Trinajstić information content (AvgIpc) is 3.06. The van der Waals surface area contributed by atoms with Crippen LogP contribution in [0, 0.1) is 0 Å². The molecule has 0 fully saturated rings. The molecule has 0 aliphatic heterocycles. The number of methoxy groups -OCH3 is 1. The van der Waals surface area contributed by atoms with Crippen LogP contribution in [0.4, 0.5) is 0 Å². The van der Waals surface area contributed by atoms with Gasteiger partial charge in [0.2, 0.25) is 5.65 Å². The van der Waals surface area contributed by atoms with E-state index in [9.17, 15) is 9.59 Å². The Morgan fingerprint density at radius 3 is 2.81 bits per heavy atom. The molecular weight excluding hydrogens is 356 g/mol. The van der Waals surface area contributed by atoms with Gasteiger partial charge in [-0.1, -0.05) is 23.7 Å². The number of carbonyl (C=O) groups is 1. The van der Waals surface area contributed by atoms with E-state index in [1.165, 1.54) is 9.47 Å². The number of amides is 1. The van der Waals surface area contributed by atoms with Gasteiger partial charge in [-0.3, -0.25) is 14.0 Å². The maximum Gasteiger partial charge on any atom is 0.294 e. The number of fused-ring (bicyclic) bond motifs is 1. The molecule has 0 radical (unpaired) electrons. The van der Waals surface area contributed by atoms with Gasteiger partial charge in [-0.05, 0) is 12.1 Å². The number of carbonyl (C=O) groups excluding carboxylic acids is 1. The van der Waals surface area contributed by atoms with E-state index in [4.69, 9.17) is 16.3 Å². The molecule has 136 valence electrons. The first-order valence-electron chi connectivity index (χ1n) is 8.01. The maximum atomic E-state index is 12.7. The molecule has 1 amide bonds. The minimum absolute atomic E-state index is 0.196. The molecule has 0 saturated carbocycles. The van der Waals surface area contributed by atoms with Crippen molar-refractivity contribution in [1.82, 2.24) is 18.9 Å². The van der Waals surface area contributed by atoms with E-state index in [1.54, 1.807) is 50.1 Å². The third-order valence-electron chi connectivity index (χ3n) is 4.17. The number of halogens is 1. The molecule has 0 bridgehead atoms. The molecule has 3 rings (SSSR count). The van der Waals surface area contributed by atoms with E-state index in [1.807, 2.05) is 12.1 Å². The summed E-state index contributed by atoms with van der Waals surface area (Å²) in [6.07, 6.45) is 3.33. The van der Waals surface area contributed by atoms with E-state index in [0.717, 1.165) is 5.56 Å². The molecule has 0 saturated heterocycles. The van der Waals surface area contributed by atoms with Crippen LogP contribution in [0.5, 0.6) is 0 Å². The number of hydrogen-bond acceptors (Lipinski definition) is 4. The van der Waals surface area contributed by atoms with Crippen molar-refractivity contribution in [2.75, 3.05) is 27.3 Å². The minimum atomic E-state index is -0.291. The van der Waals surface area contributed by atoms with Crippen molar-refractivity contribution in [2.45, 2.75) is 0 Å². The molecule has 8 heteroatoms. The van der Waals surface area contributed by atoms with Gasteiger partial charge in [0.05, 0.1) is 12.3 Å². The molecule has 2 heterocycles. The van der Waals surface area contributed by atoms with E-state index in [-0.39, 0.29) is 22.8 Å². The summed E-state index contributed by atoms with van der Waals surface area (Å²) in [5, 5.41) is 0.580. The Kier molecular flexibility index (Phi) is 5.11. The van der Waals surface area contributed by atoms with E-state index < -0.39 is 0 Å². The van der Waals surface area contributed by atoms with Crippen LogP contribution >= 0.6 is 11.6 Å². The van der Waals surface area contributed by atoms with Crippen LogP contribution in [0.3, 0.4) is 0 Å². The number of nitrogens with zero attached hydrogens (tertiary/aromatic N) is 4. The van der Waals surface area contributed by atoms with Crippen LogP contribution in [0.15, 0.2) is 41.5 Å². The normalized spacial score (nSPS) is 11.1. The monoisotopic (exact) mass is 374 g/mol. The lowest BCUT2D eigenvalue weighted by molar-refractivity contribution is 0.0739. The van der Waals surface area contributed by atoms with Crippen LogP contribution in [-0.2, 0) is 11.8 Å². The molecular formula is C18H19ClN4O3. The van der Waals surface area contributed by atoms with Crippen molar-refractivity contribution < 1.29 is 9.53 Å². The third kappa shape index (κ3) is 3.36. The number of aromatic nitrogens is 3. The van der Waals surface area contributed by atoms with Crippen LogP contribution in [-0.4, -0.2) is 52.1 Å². The topological polar surface area (TPSA) is 68.8 Å². The number of ether oxygens (including phenoxy) is 1. The van der Waals surface area contributed by atoms with Crippen LogP contribution in [0.25, 0.3) is 16.9 Å². The molecule has 2 aromatic heterocycles. The summed E-state index contributed by atoms with van der Waals surface area (Å²) in [5.74, 6) is -0.267. The van der Waals surface area contributed by atoms with Crippen LogP contribution in [0.1, 0.15) is 10.5 Å². The van der Waals surface area contributed by atoms with Gasteiger partial charge < -0.3 is 14.2 Å². The first-order chi connectivity index (χ1) is 12.4. The van der Waals surface area contributed by atoms with E-state index in [2.05, 4.69) is 4.98 Å². The Hall–Kier alpha value is -2.64. The lowest BCUT2D eigenvalue weighted by atomic mass is 10.1. The van der Waals surface area contributed by atoms with Gasteiger partial charge in [0, 0.05) is 50.7 Å². The quantitative estimate of drug-likeness (QED) is 0.685. The highest BCUT2D eigenvalue weighted by Crippen LogP contribution is 2.21. The largest absolute Gasteiger partial charge is 0.383 e. The summed E-state index contributed by atoms with van der Waals surface area (Å²) in [7, 11) is 4.91. The molecule has 0 N–H and O–H groups in total. The van der Waals surface area contributed by atoms with Gasteiger partial charge >= 0.3 is 0 Å². The minimum Gasteiger partial charge on any atom is -0.383 e. The molecule has 0 spiro atoms. The fourth-order valence-electron chi connectivity index (χ4n) is 2.67. The van der Waals surface area contributed by atoms with Crippen LogP contribution < -0.4 is 5.56 Å². The van der Waals surface area contributed by atoms with Gasteiger partial charge in [-0.15, -0.1) is 0 Å². The average molecular weight is 375 g/mol. The van der Waals surface area contributed by atoms with Crippen molar-refractivity contribution in [3.8, 4) is 11.3 Å². The number of likely N-dealkylation sites (N-methyl/N-ethyl adjacent to an activating group) is 1. The summed E-state index contributed by atoms with van der Waals surface area (Å²) in [4.78, 5) is 30.9. The molecule has 1 aromatic carbocycles. The zero-order valence-electron chi connectivity index (χ0n) is 14.8. The Balaban J connectivity index is 2.06. The Morgan fingerprint density at radius 2 is 2.12 bits per heavy atom. The highest BCUT2D eigenvalue weighted by atomic mass is 35.5. The fraction of sp³-hybridized carbons (Fsp3) is 0.278. The zero-order chi connectivity index (χ0) is 18.8. The summed E-state index contributed by atoms with van der Waals surface area (Å²) in [6, 6.07) is 7.24. The predicted molar refractivity (Wildman–Crippen MR) is 99.7 cm³/mol. The second-order valence-electron chi connectivity index (χ2n) is 5.97. The van der Waals surface area contributed by atoms with E-state index in [0.29, 0.717) is 23.9 Å². The second kappa shape index (κ2) is 7.31. The molecule has 3 aromatic rings. The standard InChI is InChI=1S/C18H19ClN4O3/c1-21(7-8-26-3)17(24)14-10-23-11-15(12-5-4-6-13(19)9-12)22(2)18(25)16(23)20-14/h4-6,9-11H,7-8H2,1-3H3. The Morgan fingerprint density at radius 1 is 1.35 bits per heavy atom. The molecule has 0 atom stereocenters. The summed E-state index contributed by atoms with van der Waals surface area (Å²) in [5.41, 5.74) is 1.60. The van der Waals surface area contributed by atoms with Gasteiger partial charge in [0.15, 0.2) is 0 Å². The predicted octanol–water partition coefficient (Wildman–Crippen LogP) is 2.07. The summed E-state index contributed by atoms with van der Waals surface area (Å²) < 4.78 is 8.06. The molecule has 26 heavy (non-hydrogen) atoms. The highest BCUT2D eigenvalue weighted by Gasteiger charge is 2.18. The summed E-state index contributed by atoms with van der Waals surface area (Å²) >= 11 is 6.06. The van der Waals surface area contributed by atoms with Gasteiger partial charge in [0.25, 0.3) is 11.5 Å². The van der Waals surface area contributed by atoms with Gasteiger partial charge in [-0.25, -0.2) is 4.98 Å². The van der Waals surface area contributed by atoms with Crippen molar-refractivity contribution in [2.24, 2.45) is 7.05 Å². The molecule has 0 aliphatic rings. The Labute approximate surface area is 155 Å². The molecule has 0 unspecified atom stereocenters. The Bertz CT molecular complexity index is 1020. The van der Waals surface area contributed by atoms with Crippen LogP contribution in [0.2, 0.25) is 5.02 Å². The second-order valence-corrected chi connectivity index (χ2v) is 6.40. The van der Waals surface area contributed by atoms with Crippen molar-refractivity contribution in [1.29, 1.82) is 0 Å². The van der Waals surface area contributed by atoms with Gasteiger partial charge in [0.1, 0.15) is 5.69 Å². The van der Waals surface area contributed by atoms with Crippen molar-refractivity contribution >= 4 is 23.2 Å². The maximum absolute atomic E-state index is 12.7. The fourth-order valence-corrected chi connectivity index (χ4v) is 2.86. The first-order valence-corrected chi connectivity index (χ1v) is 8.39. The van der Waals surface area contributed by atoms with Crippen molar-refractivity contribution in [3.05, 3.63) is 57.7 Å². The first kappa shape index (κ1) is 18.2. The SMILES string of the molecule is COCCN(C)C(=O)c1cn2cc(-c3cccc(Cl)c3)n(C)c(=O)c2n1. The third-order valence-corrected chi connectivity index (χ3v) is 4.40. The molecule has 7 nitrogen and oxygen atoms in total. The zero-order valence-corrected chi connectivity index (χ0v) is 15.5. The number of rotatable bonds is 5. The van der Waals surface area contributed by atoms with Gasteiger partial charge in [-0.2, -0.15) is 0 Å². The van der Waals surface area contributed by atoms with E-state index >= 15 is 0 Å². The highest BCUT2D eigenvalue weighted by molar-refractivity contribution is 6.30. The smallest absolute Gasteiger partial charge is 0.294 e. The lowest BCUT2D eigenvalue weighted by Gasteiger charge is -2.14.